The van der Waals surface area contributed by atoms with Crippen molar-refractivity contribution >= 4 is 5.91 Å². The van der Waals surface area contributed by atoms with E-state index >= 15 is 0 Å². The molecule has 0 unspecified atom stereocenters. The van der Waals surface area contributed by atoms with Gasteiger partial charge in [0.2, 0.25) is 0 Å². The molecule has 0 radical (unpaired) electrons. The van der Waals surface area contributed by atoms with Crippen LogP contribution in [0.5, 0.6) is 11.5 Å². The van der Waals surface area contributed by atoms with Gasteiger partial charge >= 0.3 is 0 Å². The van der Waals surface area contributed by atoms with Crippen molar-refractivity contribution in [3.8, 4) is 34.0 Å². The average Bonchev–Trinajstić information content (AvgIpc) is 3.60. The second-order valence-electron chi connectivity index (χ2n) is 9.81. The van der Waals surface area contributed by atoms with Crippen molar-refractivity contribution in [2.24, 2.45) is 0 Å². The van der Waals surface area contributed by atoms with Gasteiger partial charge in [0, 0.05) is 42.9 Å². The van der Waals surface area contributed by atoms with Crippen LogP contribution in [-0.4, -0.2) is 78.3 Å². The molecule has 5 rings (SSSR count). The van der Waals surface area contributed by atoms with Crippen LogP contribution in [0.2, 0.25) is 0 Å². The lowest BCUT2D eigenvalue weighted by Gasteiger charge is -2.36. The number of aryl methyl sites for hydroxylation is 1. The highest BCUT2D eigenvalue weighted by Gasteiger charge is 2.29. The molecule has 2 saturated heterocycles. The number of benzene rings is 2. The van der Waals surface area contributed by atoms with Gasteiger partial charge in [-0.1, -0.05) is 25.5 Å². The number of hydrogen-bond acceptors (Lipinski definition) is 7. The molecule has 3 aromatic rings. The minimum Gasteiger partial charge on any atom is -0.507 e. The highest BCUT2D eigenvalue weighted by Crippen LogP contribution is 2.39. The van der Waals surface area contributed by atoms with Gasteiger partial charge in [0.25, 0.3) is 5.91 Å². The fraction of sp³-hybridized carbons (Fsp3) is 0.481. The number of phenolic OH excluding ortho intramolecular Hbond substituents is 2. The van der Waals surface area contributed by atoms with E-state index in [0.717, 1.165) is 38.8 Å². The monoisotopic (exact) mass is 490 g/mol. The zero-order valence-corrected chi connectivity index (χ0v) is 20.8. The summed E-state index contributed by atoms with van der Waals surface area (Å²) in [6.07, 6.45) is 6.49. The molecule has 1 amide bonds. The summed E-state index contributed by atoms with van der Waals surface area (Å²) in [6, 6.07) is 10.9. The Balaban J connectivity index is 1.37. The van der Waals surface area contributed by atoms with Crippen LogP contribution in [0.3, 0.4) is 0 Å². The molecule has 190 valence electrons. The van der Waals surface area contributed by atoms with E-state index in [2.05, 4.69) is 27.3 Å². The fourth-order valence-electron chi connectivity index (χ4n) is 5.39. The molecule has 0 atom stereocenters. The van der Waals surface area contributed by atoms with Crippen molar-refractivity contribution in [2.75, 3.05) is 26.2 Å². The number of aromatic nitrogens is 4. The minimum absolute atomic E-state index is 0.0127. The largest absolute Gasteiger partial charge is 0.507 e. The standard InChI is InChI=1S/C27H34N6O3/c1-2-3-13-33-26(28-29-30-33)23-17-22(24(34)18-25(23)35)19-7-6-8-20(16-19)27(36)32-14-9-21(10-15-32)31-11-4-5-12-31/h6-8,16-18,21,34-35H,2-5,9-15H2,1H3. The normalized spacial score (nSPS) is 17.1. The van der Waals surface area contributed by atoms with Gasteiger partial charge in [-0.15, -0.1) is 5.10 Å². The maximum atomic E-state index is 13.3. The topological polar surface area (TPSA) is 108 Å². The predicted molar refractivity (Wildman–Crippen MR) is 137 cm³/mol. The molecule has 0 saturated carbocycles. The molecule has 0 bridgehead atoms. The van der Waals surface area contributed by atoms with Crippen LogP contribution in [-0.2, 0) is 6.54 Å². The van der Waals surface area contributed by atoms with Crippen LogP contribution >= 0.6 is 0 Å². The van der Waals surface area contributed by atoms with Crippen LogP contribution in [0, 0.1) is 0 Å². The number of amides is 1. The first kappa shape index (κ1) is 24.2. The van der Waals surface area contributed by atoms with E-state index in [0.29, 0.717) is 40.7 Å². The van der Waals surface area contributed by atoms with Gasteiger partial charge in [0.05, 0.1) is 5.56 Å². The van der Waals surface area contributed by atoms with Crippen molar-refractivity contribution in [1.29, 1.82) is 0 Å². The summed E-state index contributed by atoms with van der Waals surface area (Å²) in [6.45, 7) is 6.61. The van der Waals surface area contributed by atoms with Gasteiger partial charge in [-0.05, 0) is 79.4 Å². The maximum absolute atomic E-state index is 13.3. The second-order valence-corrected chi connectivity index (χ2v) is 9.81. The molecule has 1 aromatic heterocycles. The first-order chi connectivity index (χ1) is 17.5. The average molecular weight is 491 g/mol. The van der Waals surface area contributed by atoms with Gasteiger partial charge in [-0.3, -0.25) is 4.79 Å². The van der Waals surface area contributed by atoms with E-state index in [-0.39, 0.29) is 17.4 Å². The van der Waals surface area contributed by atoms with Gasteiger partial charge in [0.1, 0.15) is 11.5 Å². The van der Waals surface area contributed by atoms with E-state index in [1.165, 1.54) is 32.0 Å². The van der Waals surface area contributed by atoms with Crippen LogP contribution < -0.4 is 0 Å². The van der Waals surface area contributed by atoms with Gasteiger partial charge in [-0.2, -0.15) is 0 Å². The molecule has 2 aliphatic heterocycles. The lowest BCUT2D eigenvalue weighted by Crippen LogP contribution is -2.45. The van der Waals surface area contributed by atoms with Gasteiger partial charge < -0.3 is 20.0 Å². The quantitative estimate of drug-likeness (QED) is 0.517. The van der Waals surface area contributed by atoms with Gasteiger partial charge in [0.15, 0.2) is 5.82 Å². The van der Waals surface area contributed by atoms with Crippen LogP contribution in [0.4, 0.5) is 0 Å². The van der Waals surface area contributed by atoms with Crippen molar-refractivity contribution in [1.82, 2.24) is 30.0 Å². The Kier molecular flexibility index (Phi) is 7.18. The number of carbonyl (C=O) groups excluding carboxylic acids is 1. The second kappa shape index (κ2) is 10.7. The summed E-state index contributed by atoms with van der Waals surface area (Å²) >= 11 is 0. The Morgan fingerprint density at radius 2 is 1.75 bits per heavy atom. The molecular weight excluding hydrogens is 456 g/mol. The number of nitrogens with zero attached hydrogens (tertiary/aromatic N) is 6. The molecule has 9 nitrogen and oxygen atoms in total. The highest BCUT2D eigenvalue weighted by molar-refractivity contribution is 5.96. The molecular formula is C27H34N6O3. The number of unbranched alkanes of at least 4 members (excludes halogenated alkanes) is 1. The number of likely N-dealkylation sites (tertiary alicyclic amines) is 2. The number of phenols is 2. The number of carbonyl (C=O) groups is 1. The molecule has 2 fully saturated rings. The number of hydrogen-bond donors (Lipinski definition) is 2. The molecule has 2 aliphatic rings. The van der Waals surface area contributed by atoms with E-state index < -0.39 is 0 Å². The summed E-state index contributed by atoms with van der Waals surface area (Å²) in [5.41, 5.74) is 2.23. The Labute approximate surface area is 211 Å². The zero-order chi connectivity index (χ0) is 25.1. The predicted octanol–water partition coefficient (Wildman–Crippen LogP) is 3.92. The van der Waals surface area contributed by atoms with Crippen LogP contribution in [0.1, 0.15) is 55.8 Å². The summed E-state index contributed by atoms with van der Waals surface area (Å²) < 4.78 is 1.66. The van der Waals surface area contributed by atoms with Crippen molar-refractivity contribution < 1.29 is 15.0 Å². The zero-order valence-electron chi connectivity index (χ0n) is 20.8. The number of aromatic hydroxyl groups is 2. The SMILES string of the molecule is CCCCn1nnnc1-c1cc(-c2cccc(C(=O)N3CCC(N4CCCC4)CC3)c2)c(O)cc1O. The molecule has 3 heterocycles. The third-order valence-corrected chi connectivity index (χ3v) is 7.44. The fourth-order valence-corrected chi connectivity index (χ4v) is 5.39. The molecule has 36 heavy (non-hydrogen) atoms. The van der Waals surface area contributed by atoms with E-state index in [1.54, 1.807) is 10.7 Å². The third kappa shape index (κ3) is 4.93. The third-order valence-electron chi connectivity index (χ3n) is 7.44. The Bertz CT molecular complexity index is 1210. The number of rotatable bonds is 7. The first-order valence-corrected chi connectivity index (χ1v) is 13.0. The maximum Gasteiger partial charge on any atom is 0.253 e. The van der Waals surface area contributed by atoms with E-state index in [9.17, 15) is 15.0 Å². The Hall–Kier alpha value is -3.46. The molecule has 0 aliphatic carbocycles. The molecule has 2 aromatic carbocycles. The van der Waals surface area contributed by atoms with E-state index in [4.69, 9.17) is 0 Å². The molecule has 2 N–H and O–H groups in total. The number of tetrazole rings is 1. The summed E-state index contributed by atoms with van der Waals surface area (Å²) in [7, 11) is 0. The van der Waals surface area contributed by atoms with Crippen LogP contribution in [0.15, 0.2) is 36.4 Å². The lowest BCUT2D eigenvalue weighted by atomic mass is 9.98. The summed E-state index contributed by atoms with van der Waals surface area (Å²) in [4.78, 5) is 17.8. The summed E-state index contributed by atoms with van der Waals surface area (Å²) in [5, 5.41) is 33.2. The van der Waals surface area contributed by atoms with Crippen molar-refractivity contribution in [3.63, 3.8) is 0 Å². The Morgan fingerprint density at radius 1 is 1.00 bits per heavy atom. The summed E-state index contributed by atoms with van der Waals surface area (Å²) in [5.74, 6) is 0.283. The minimum atomic E-state index is -0.100. The Morgan fingerprint density at radius 3 is 2.50 bits per heavy atom. The lowest BCUT2D eigenvalue weighted by molar-refractivity contribution is 0.0644. The highest BCUT2D eigenvalue weighted by atomic mass is 16.3. The van der Waals surface area contributed by atoms with Gasteiger partial charge in [-0.25, -0.2) is 4.68 Å². The number of piperidine rings is 1. The van der Waals surface area contributed by atoms with Crippen molar-refractivity contribution in [3.05, 3.63) is 42.0 Å². The smallest absolute Gasteiger partial charge is 0.253 e. The first-order valence-electron chi connectivity index (χ1n) is 13.0. The van der Waals surface area contributed by atoms with E-state index in [1.807, 2.05) is 29.2 Å². The van der Waals surface area contributed by atoms with Crippen molar-refractivity contribution in [2.45, 2.75) is 58.0 Å². The molecule has 9 heteroatoms. The van der Waals surface area contributed by atoms with Crippen LogP contribution in [0.25, 0.3) is 22.5 Å². The molecule has 0 spiro atoms.